The molecule has 1 aliphatic rings. The zero-order chi connectivity index (χ0) is 9.73. The summed E-state index contributed by atoms with van der Waals surface area (Å²) >= 11 is 0. The van der Waals surface area contributed by atoms with E-state index >= 15 is 0 Å². The zero-order valence-corrected chi connectivity index (χ0v) is 9.09. The molecule has 1 rings (SSSR count). The van der Waals surface area contributed by atoms with E-state index in [9.17, 15) is 4.57 Å². The summed E-state index contributed by atoms with van der Waals surface area (Å²) < 4.78 is 27.1. The van der Waals surface area contributed by atoms with Crippen molar-refractivity contribution in [3.05, 3.63) is 0 Å². The Morgan fingerprint density at radius 3 is 2.31 bits per heavy atom. The summed E-state index contributed by atoms with van der Waals surface area (Å²) in [5.41, 5.74) is 0. The average Bonchev–Trinajstić information content (AvgIpc) is 2.85. The third-order valence-electron chi connectivity index (χ3n) is 1.78. The molecule has 1 aliphatic heterocycles. The van der Waals surface area contributed by atoms with Gasteiger partial charge >= 0.3 is 7.60 Å². The molecule has 78 valence electrons. The second-order valence-electron chi connectivity index (χ2n) is 2.91. The van der Waals surface area contributed by atoms with Crippen molar-refractivity contribution in [3.8, 4) is 0 Å². The van der Waals surface area contributed by atoms with Gasteiger partial charge in [0, 0.05) is 0 Å². The van der Waals surface area contributed by atoms with Crippen LogP contribution in [0.25, 0.3) is 0 Å². The first-order valence-electron chi connectivity index (χ1n) is 4.70. The topological polar surface area (TPSA) is 48.1 Å². The smallest absolute Gasteiger partial charge is 0.330 e. The lowest BCUT2D eigenvalue weighted by molar-refractivity contribution is 0.218. The summed E-state index contributed by atoms with van der Waals surface area (Å²) in [6.45, 7) is 5.29. The van der Waals surface area contributed by atoms with E-state index in [0.717, 1.165) is 13.0 Å². The van der Waals surface area contributed by atoms with Gasteiger partial charge in [0.05, 0.1) is 32.1 Å². The molecule has 0 radical (unpaired) electrons. The summed E-state index contributed by atoms with van der Waals surface area (Å²) in [7, 11) is -2.81. The van der Waals surface area contributed by atoms with Crippen molar-refractivity contribution in [2.45, 2.75) is 26.4 Å². The average molecular weight is 208 g/mol. The van der Waals surface area contributed by atoms with E-state index in [4.69, 9.17) is 13.8 Å². The molecule has 4 nitrogen and oxygen atoms in total. The lowest BCUT2D eigenvalue weighted by Crippen LogP contribution is -2.02. The van der Waals surface area contributed by atoms with Gasteiger partial charge in [0.15, 0.2) is 0 Å². The Morgan fingerprint density at radius 1 is 1.38 bits per heavy atom. The molecule has 5 heteroatoms. The van der Waals surface area contributed by atoms with Crippen molar-refractivity contribution in [2.75, 3.05) is 26.0 Å². The predicted molar refractivity (Wildman–Crippen MR) is 50.1 cm³/mol. The van der Waals surface area contributed by atoms with Crippen molar-refractivity contribution < 1.29 is 18.3 Å². The fourth-order valence-electron chi connectivity index (χ4n) is 1.10. The van der Waals surface area contributed by atoms with Gasteiger partial charge in [-0.15, -0.1) is 0 Å². The molecule has 1 unspecified atom stereocenters. The van der Waals surface area contributed by atoms with Crippen LogP contribution in [0.2, 0.25) is 0 Å². The SMILES string of the molecule is CCOP(=O)(CCC1CO1)OCC. The summed E-state index contributed by atoms with van der Waals surface area (Å²) in [4.78, 5) is 0. The first kappa shape index (κ1) is 11.2. The lowest BCUT2D eigenvalue weighted by atomic mass is 10.4. The van der Waals surface area contributed by atoms with Gasteiger partial charge in [-0.05, 0) is 20.3 Å². The third-order valence-corrected chi connectivity index (χ3v) is 3.89. The highest BCUT2D eigenvalue weighted by Crippen LogP contribution is 2.49. The monoisotopic (exact) mass is 208 g/mol. The highest BCUT2D eigenvalue weighted by atomic mass is 31.2. The molecule has 0 aromatic carbocycles. The van der Waals surface area contributed by atoms with E-state index in [1.165, 1.54) is 0 Å². The molecule has 1 fully saturated rings. The molecule has 0 saturated carbocycles. The molecule has 1 heterocycles. The van der Waals surface area contributed by atoms with Crippen molar-refractivity contribution >= 4 is 7.60 Å². The maximum atomic E-state index is 11.8. The summed E-state index contributed by atoms with van der Waals surface area (Å²) in [6.07, 6.45) is 1.53. The number of hydrogen-bond acceptors (Lipinski definition) is 4. The predicted octanol–water partition coefficient (Wildman–Crippen LogP) is 2.04. The fraction of sp³-hybridized carbons (Fsp3) is 1.00. The van der Waals surface area contributed by atoms with Crippen molar-refractivity contribution in [3.63, 3.8) is 0 Å². The van der Waals surface area contributed by atoms with Crippen LogP contribution in [0.15, 0.2) is 0 Å². The van der Waals surface area contributed by atoms with E-state index in [2.05, 4.69) is 0 Å². The molecule has 0 aromatic rings. The van der Waals surface area contributed by atoms with E-state index < -0.39 is 7.60 Å². The van der Waals surface area contributed by atoms with Gasteiger partial charge in [0.1, 0.15) is 0 Å². The Kier molecular flexibility index (Phi) is 4.39. The molecule has 13 heavy (non-hydrogen) atoms. The van der Waals surface area contributed by atoms with E-state index in [-0.39, 0.29) is 6.10 Å². The largest absolute Gasteiger partial charge is 0.373 e. The van der Waals surface area contributed by atoms with Crippen LogP contribution in [0, 0.1) is 0 Å². The Hall–Kier alpha value is 0.110. The minimum absolute atomic E-state index is 0.286. The highest BCUT2D eigenvalue weighted by Gasteiger charge is 2.29. The molecular formula is C8H17O4P. The van der Waals surface area contributed by atoms with Gasteiger partial charge in [0.2, 0.25) is 0 Å². The Labute approximate surface area is 79.1 Å². The van der Waals surface area contributed by atoms with Crippen molar-refractivity contribution in [1.82, 2.24) is 0 Å². The molecule has 0 aliphatic carbocycles. The van der Waals surface area contributed by atoms with E-state index in [0.29, 0.717) is 19.4 Å². The third kappa shape index (κ3) is 4.23. The summed E-state index contributed by atoms with van der Waals surface area (Å²) in [5, 5.41) is 0. The normalized spacial score (nSPS) is 21.8. The molecular weight excluding hydrogens is 191 g/mol. The van der Waals surface area contributed by atoms with Gasteiger partial charge < -0.3 is 13.8 Å². The highest BCUT2D eigenvalue weighted by molar-refractivity contribution is 7.53. The number of epoxide rings is 1. The van der Waals surface area contributed by atoms with Gasteiger partial charge in [-0.25, -0.2) is 0 Å². The van der Waals surface area contributed by atoms with Gasteiger partial charge in [-0.1, -0.05) is 0 Å². The lowest BCUT2D eigenvalue weighted by Gasteiger charge is -2.15. The van der Waals surface area contributed by atoms with Crippen LogP contribution >= 0.6 is 7.60 Å². The Morgan fingerprint density at radius 2 is 1.92 bits per heavy atom. The second-order valence-corrected chi connectivity index (χ2v) is 5.10. The van der Waals surface area contributed by atoms with Gasteiger partial charge in [-0.3, -0.25) is 4.57 Å². The molecule has 0 spiro atoms. The standard InChI is InChI=1S/C8H17O4P/c1-3-11-13(9,12-4-2)6-5-8-7-10-8/h8H,3-7H2,1-2H3. The van der Waals surface area contributed by atoms with E-state index in [1.54, 1.807) is 0 Å². The first-order valence-corrected chi connectivity index (χ1v) is 6.42. The first-order chi connectivity index (χ1) is 6.20. The molecule has 0 amide bonds. The maximum absolute atomic E-state index is 11.8. The second kappa shape index (κ2) is 5.11. The molecule has 0 bridgehead atoms. The Balaban J connectivity index is 2.29. The number of hydrogen-bond donors (Lipinski definition) is 0. The summed E-state index contributed by atoms with van der Waals surface area (Å²) in [6, 6.07) is 0. The number of rotatable bonds is 7. The van der Waals surface area contributed by atoms with Crippen LogP contribution in [-0.2, 0) is 18.3 Å². The van der Waals surface area contributed by atoms with Gasteiger partial charge in [-0.2, -0.15) is 0 Å². The molecule has 0 aromatic heterocycles. The van der Waals surface area contributed by atoms with Crippen LogP contribution in [0.5, 0.6) is 0 Å². The van der Waals surface area contributed by atoms with Crippen molar-refractivity contribution in [2.24, 2.45) is 0 Å². The minimum atomic E-state index is -2.81. The van der Waals surface area contributed by atoms with E-state index in [1.807, 2.05) is 13.8 Å². The van der Waals surface area contributed by atoms with Crippen LogP contribution in [-0.4, -0.2) is 32.1 Å². The molecule has 0 N–H and O–H groups in total. The van der Waals surface area contributed by atoms with Crippen LogP contribution in [0.3, 0.4) is 0 Å². The quantitative estimate of drug-likeness (QED) is 0.474. The maximum Gasteiger partial charge on any atom is 0.330 e. The van der Waals surface area contributed by atoms with Crippen LogP contribution in [0.1, 0.15) is 20.3 Å². The van der Waals surface area contributed by atoms with Crippen molar-refractivity contribution in [1.29, 1.82) is 0 Å². The summed E-state index contributed by atoms with van der Waals surface area (Å²) in [5.74, 6) is 0. The van der Waals surface area contributed by atoms with Crippen LogP contribution in [0.4, 0.5) is 0 Å². The van der Waals surface area contributed by atoms with Crippen LogP contribution < -0.4 is 0 Å². The van der Waals surface area contributed by atoms with Gasteiger partial charge in [0.25, 0.3) is 0 Å². The molecule has 1 saturated heterocycles. The molecule has 1 atom stereocenters. The zero-order valence-electron chi connectivity index (χ0n) is 8.19. The minimum Gasteiger partial charge on any atom is -0.373 e. The Bertz CT molecular complexity index is 181. The number of ether oxygens (including phenoxy) is 1. The fourth-order valence-corrected chi connectivity index (χ4v) is 2.82.